The maximum Gasteiger partial charge on any atom is 0.182 e. The van der Waals surface area contributed by atoms with Crippen LogP contribution in [-0.4, -0.2) is 8.07 Å². The van der Waals surface area contributed by atoms with E-state index in [2.05, 4.69) is 277 Å². The van der Waals surface area contributed by atoms with E-state index in [0.29, 0.717) is 0 Å². The smallest absolute Gasteiger partial charge is 0.182 e. The molecule has 69 heavy (non-hydrogen) atoms. The molecule has 12 aromatic rings. The molecule has 0 N–H and O–H groups in total. The summed E-state index contributed by atoms with van der Waals surface area (Å²) in [7, 11) is -2.73. The average Bonchev–Trinajstić information content (AvgIpc) is 4.13. The van der Waals surface area contributed by atoms with Crippen molar-refractivity contribution >= 4 is 107 Å². The standard InChI is InChI=1S/C64H44N2S2Si/c1-5-23-49(24-6-1)65(57-33-17-21-45-19-13-15-31-55(45)57)51-39-35-47(36-40-51)59-43-61-63(67-59)64-62(69(61,53-27-9-3-10-28-53)54-29-11-4-12-30-54)44-60(68-64)48-37-41-52(42-38-48)66(50-25-7-2-8-26-50)58-34-18-22-46-20-14-16-32-56(46)58/h1-44H. The highest BCUT2D eigenvalue weighted by Gasteiger charge is 2.51. The van der Waals surface area contributed by atoms with Crippen LogP contribution in [-0.2, 0) is 0 Å². The molecule has 0 unspecified atom stereocenters. The van der Waals surface area contributed by atoms with Crippen molar-refractivity contribution in [1.82, 2.24) is 0 Å². The molecule has 0 bridgehead atoms. The molecule has 10 aromatic carbocycles. The zero-order chi connectivity index (χ0) is 45.7. The van der Waals surface area contributed by atoms with Gasteiger partial charge in [-0.05, 0) is 115 Å². The van der Waals surface area contributed by atoms with E-state index in [0.717, 1.165) is 34.1 Å². The van der Waals surface area contributed by atoms with Gasteiger partial charge in [-0.2, -0.15) is 0 Å². The van der Waals surface area contributed by atoms with Crippen molar-refractivity contribution in [3.05, 3.63) is 267 Å². The first-order valence-corrected chi connectivity index (χ1v) is 27.1. The molecular weight excluding hydrogens is 889 g/mol. The highest BCUT2D eigenvalue weighted by atomic mass is 32.1. The Morgan fingerprint density at radius 3 is 1.03 bits per heavy atom. The highest BCUT2D eigenvalue weighted by molar-refractivity contribution is 7.35. The quantitative estimate of drug-likeness (QED) is 0.126. The average molecular weight is 933 g/mol. The summed E-state index contributed by atoms with van der Waals surface area (Å²) in [5.41, 5.74) is 9.31. The monoisotopic (exact) mass is 932 g/mol. The van der Waals surface area contributed by atoms with Gasteiger partial charge in [0.25, 0.3) is 0 Å². The molecule has 0 saturated heterocycles. The molecule has 2 nitrogen and oxygen atoms in total. The predicted octanol–water partition coefficient (Wildman–Crippen LogP) is 15.7. The Bertz CT molecular complexity index is 3510. The molecule has 3 heterocycles. The topological polar surface area (TPSA) is 6.48 Å². The number of fused-ring (bicyclic) bond motifs is 5. The Morgan fingerprint density at radius 1 is 0.290 bits per heavy atom. The number of para-hydroxylation sites is 2. The van der Waals surface area contributed by atoms with Gasteiger partial charge in [0, 0.05) is 53.0 Å². The van der Waals surface area contributed by atoms with Gasteiger partial charge < -0.3 is 9.80 Å². The van der Waals surface area contributed by atoms with Crippen molar-refractivity contribution in [2.75, 3.05) is 9.80 Å². The molecule has 0 radical (unpaired) electrons. The lowest BCUT2D eigenvalue weighted by Gasteiger charge is -2.30. The van der Waals surface area contributed by atoms with Gasteiger partial charge in [0.15, 0.2) is 8.07 Å². The van der Waals surface area contributed by atoms with Crippen LogP contribution in [0.4, 0.5) is 34.1 Å². The number of hydrogen-bond donors (Lipinski definition) is 0. The van der Waals surface area contributed by atoms with E-state index in [1.165, 1.54) is 72.9 Å². The molecule has 0 aliphatic carbocycles. The molecule has 2 aromatic heterocycles. The first-order valence-electron chi connectivity index (χ1n) is 23.5. The van der Waals surface area contributed by atoms with E-state index < -0.39 is 8.07 Å². The van der Waals surface area contributed by atoms with Crippen molar-refractivity contribution < 1.29 is 0 Å². The van der Waals surface area contributed by atoms with Gasteiger partial charge in [-0.25, -0.2) is 0 Å². The summed E-state index contributed by atoms with van der Waals surface area (Å²) in [4.78, 5) is 10.2. The minimum atomic E-state index is -2.73. The summed E-state index contributed by atoms with van der Waals surface area (Å²) in [6.45, 7) is 0. The fourth-order valence-electron chi connectivity index (χ4n) is 10.6. The maximum absolute atomic E-state index is 2.73. The van der Waals surface area contributed by atoms with Crippen LogP contribution >= 0.6 is 22.7 Å². The molecule has 0 atom stereocenters. The van der Waals surface area contributed by atoms with Crippen molar-refractivity contribution in [3.63, 3.8) is 0 Å². The van der Waals surface area contributed by atoms with Crippen LogP contribution in [0.15, 0.2) is 267 Å². The highest BCUT2D eigenvalue weighted by Crippen LogP contribution is 2.47. The molecule has 0 amide bonds. The second-order valence-electron chi connectivity index (χ2n) is 17.6. The van der Waals surface area contributed by atoms with Gasteiger partial charge in [-0.15, -0.1) is 22.7 Å². The molecule has 326 valence electrons. The van der Waals surface area contributed by atoms with Crippen LogP contribution in [0.5, 0.6) is 0 Å². The van der Waals surface area contributed by atoms with Crippen LogP contribution in [0.3, 0.4) is 0 Å². The number of thiophene rings is 2. The van der Waals surface area contributed by atoms with Crippen LogP contribution in [0, 0.1) is 0 Å². The van der Waals surface area contributed by atoms with E-state index in [-0.39, 0.29) is 0 Å². The Morgan fingerprint density at radius 2 is 0.623 bits per heavy atom. The molecule has 5 heteroatoms. The summed E-state index contributed by atoms with van der Waals surface area (Å²) in [5.74, 6) is 0. The van der Waals surface area contributed by atoms with Crippen LogP contribution < -0.4 is 30.5 Å². The van der Waals surface area contributed by atoms with Gasteiger partial charge in [-0.1, -0.05) is 194 Å². The molecule has 0 spiro atoms. The van der Waals surface area contributed by atoms with E-state index in [9.17, 15) is 0 Å². The molecule has 1 aliphatic heterocycles. The first kappa shape index (κ1) is 41.2. The lowest BCUT2D eigenvalue weighted by Crippen LogP contribution is -2.72. The maximum atomic E-state index is 2.55. The molecule has 13 rings (SSSR count). The third-order valence-corrected chi connectivity index (χ3v) is 21.5. The minimum absolute atomic E-state index is 1.13. The third-order valence-electron chi connectivity index (χ3n) is 13.8. The van der Waals surface area contributed by atoms with Crippen molar-refractivity contribution in [2.45, 2.75) is 0 Å². The van der Waals surface area contributed by atoms with Crippen molar-refractivity contribution in [1.29, 1.82) is 0 Å². The zero-order valence-corrected chi connectivity index (χ0v) is 40.2. The van der Waals surface area contributed by atoms with Crippen molar-refractivity contribution in [2.24, 2.45) is 0 Å². The lowest BCUT2D eigenvalue weighted by atomic mass is 10.1. The van der Waals surface area contributed by atoms with E-state index in [1.807, 2.05) is 22.7 Å². The minimum Gasteiger partial charge on any atom is -0.310 e. The van der Waals surface area contributed by atoms with Crippen LogP contribution in [0.25, 0.3) is 52.2 Å². The Labute approximate surface area is 411 Å². The summed E-state index contributed by atoms with van der Waals surface area (Å²) >= 11 is 3.91. The third kappa shape index (κ3) is 6.97. The van der Waals surface area contributed by atoms with Gasteiger partial charge in [0.05, 0.1) is 11.4 Å². The molecule has 1 aliphatic rings. The summed E-state index contributed by atoms with van der Waals surface area (Å²) in [6.07, 6.45) is 0. The Balaban J connectivity index is 0.928. The number of anilines is 6. The Hall–Kier alpha value is -8.06. The Kier molecular flexibility index (Phi) is 10.3. The molecule has 0 saturated carbocycles. The van der Waals surface area contributed by atoms with E-state index >= 15 is 0 Å². The lowest BCUT2D eigenvalue weighted by molar-refractivity contribution is 1.30. The van der Waals surface area contributed by atoms with Gasteiger partial charge in [0.1, 0.15) is 0 Å². The van der Waals surface area contributed by atoms with Crippen molar-refractivity contribution in [3.8, 4) is 30.6 Å². The molecular formula is C64H44N2S2Si. The van der Waals surface area contributed by atoms with Gasteiger partial charge >= 0.3 is 0 Å². The number of rotatable bonds is 10. The predicted molar refractivity (Wildman–Crippen MR) is 300 cm³/mol. The fourth-order valence-corrected chi connectivity index (χ4v) is 19.5. The van der Waals surface area contributed by atoms with E-state index in [4.69, 9.17) is 0 Å². The largest absolute Gasteiger partial charge is 0.310 e. The normalized spacial score (nSPS) is 12.5. The van der Waals surface area contributed by atoms with Crippen LogP contribution in [0.1, 0.15) is 0 Å². The number of nitrogens with zero attached hydrogens (tertiary/aromatic N) is 2. The number of benzene rings is 10. The summed E-state index contributed by atoms with van der Waals surface area (Å²) < 4.78 is 0. The number of hydrogen-bond acceptors (Lipinski definition) is 4. The second-order valence-corrected chi connectivity index (χ2v) is 23.5. The summed E-state index contributed by atoms with van der Waals surface area (Å²) in [6, 6.07) is 98.3. The second kappa shape index (κ2) is 17.2. The molecule has 0 fully saturated rings. The van der Waals surface area contributed by atoms with Gasteiger partial charge in [0.2, 0.25) is 0 Å². The summed E-state index contributed by atoms with van der Waals surface area (Å²) in [5, 5.41) is 10.7. The van der Waals surface area contributed by atoms with Gasteiger partial charge in [-0.3, -0.25) is 0 Å². The van der Waals surface area contributed by atoms with E-state index in [1.54, 1.807) is 0 Å². The first-order chi connectivity index (χ1) is 34.2. The SMILES string of the molecule is c1ccc(N(c2ccc(-c3cc4c(s3)-c3sc(-c5ccc(N(c6ccccc6)c6cccc7ccccc67)cc5)cc3[Si]4(c3ccccc3)c3ccccc3)cc2)c2cccc3ccccc23)cc1. The fraction of sp³-hybridized carbons (Fsp3) is 0. The zero-order valence-electron chi connectivity index (χ0n) is 37.6. The van der Waals surface area contributed by atoms with Crippen LogP contribution in [0.2, 0.25) is 0 Å².